The minimum atomic E-state index is -0.794. The Hall–Kier alpha value is -2.51. The average molecular weight is 644 g/mol. The van der Waals surface area contributed by atoms with E-state index < -0.39 is 11.6 Å². The van der Waals surface area contributed by atoms with Gasteiger partial charge in [-0.25, -0.2) is 4.98 Å². The Morgan fingerprint density at radius 2 is 1.00 bits per heavy atom. The van der Waals surface area contributed by atoms with Gasteiger partial charge < -0.3 is 9.67 Å². The summed E-state index contributed by atoms with van der Waals surface area (Å²) >= 11 is 0. The fraction of sp³-hybridized carbons (Fsp3) is 0.0690. The van der Waals surface area contributed by atoms with Crippen LogP contribution < -0.4 is 0 Å². The van der Waals surface area contributed by atoms with Gasteiger partial charge in [-0.05, 0) is 22.3 Å². The molecule has 4 heteroatoms. The van der Waals surface area contributed by atoms with Crippen LogP contribution in [0.3, 0.4) is 0 Å². The summed E-state index contributed by atoms with van der Waals surface area (Å²) < 4.78 is 2.12. The quantitative estimate of drug-likeness (QED) is 0.238. The maximum Gasteiger partial charge on any atom is 0.122 e. The summed E-state index contributed by atoms with van der Waals surface area (Å²) in [7, 11) is 0. The number of aliphatic hydroxyl groups excluding tert-OH is 1. The molecule has 1 N–H and O–H groups in total. The summed E-state index contributed by atoms with van der Waals surface area (Å²) in [6, 6.07) is 41.0. The van der Waals surface area contributed by atoms with Crippen molar-refractivity contribution >= 4 is 0 Å². The van der Waals surface area contributed by atoms with Crippen LogP contribution in [0.2, 0.25) is 0 Å². The van der Waals surface area contributed by atoms with Gasteiger partial charge in [-0.15, -0.1) is 0 Å². The van der Waals surface area contributed by atoms with Crippen LogP contribution in [-0.2, 0) is 5.54 Å². The standard InChI is InChI=1S/C29H24N2O.Ac/c32-28(23-13-5-1-6-14-23)27-21-31(22-30-27)29(24-15-7-2-8-16-24,25-17-9-3-10-18-25)26-19-11-4-12-20-26;/h1-22,28,32H;. The Kier molecular flexibility index (Phi) is 7.60. The molecule has 0 amide bonds. The van der Waals surface area contributed by atoms with Gasteiger partial charge in [0.2, 0.25) is 0 Å². The molecule has 3 nitrogen and oxygen atoms in total. The summed E-state index contributed by atoms with van der Waals surface area (Å²) in [5, 5.41) is 11.0. The van der Waals surface area contributed by atoms with E-state index in [0.717, 1.165) is 22.3 Å². The zero-order valence-corrected chi connectivity index (χ0v) is 22.9. The zero-order valence-electron chi connectivity index (χ0n) is 18.2. The van der Waals surface area contributed by atoms with E-state index in [9.17, 15) is 5.11 Å². The van der Waals surface area contributed by atoms with Crippen molar-refractivity contribution in [3.8, 4) is 0 Å². The van der Waals surface area contributed by atoms with Crippen molar-refractivity contribution in [2.24, 2.45) is 0 Å². The SMILES string of the molecule is OC(c1ccccc1)c1cn(C(c2ccccc2)(c2ccccc2)c2ccccc2)cn1.[Ac]. The summed E-state index contributed by atoms with van der Waals surface area (Å²) in [6.07, 6.45) is 3.00. The van der Waals surface area contributed by atoms with Gasteiger partial charge in [-0.2, -0.15) is 0 Å². The Morgan fingerprint density at radius 1 is 0.606 bits per heavy atom. The third kappa shape index (κ3) is 4.49. The first-order chi connectivity index (χ1) is 15.8. The number of rotatable bonds is 6. The van der Waals surface area contributed by atoms with Gasteiger partial charge in [0, 0.05) is 50.3 Å². The van der Waals surface area contributed by atoms with Crippen LogP contribution in [0, 0.1) is 44.1 Å². The summed E-state index contributed by atoms with van der Waals surface area (Å²) in [6.45, 7) is 0. The molecular formula is C29H24AcN2O. The fourth-order valence-corrected chi connectivity index (χ4v) is 4.45. The van der Waals surface area contributed by atoms with Crippen LogP contribution >= 0.6 is 0 Å². The molecule has 1 radical (unpaired) electrons. The maximum absolute atomic E-state index is 11.0. The van der Waals surface area contributed by atoms with Crippen molar-refractivity contribution in [1.82, 2.24) is 9.55 Å². The first kappa shape index (κ1) is 23.6. The number of nitrogens with zero attached hydrogens (tertiary/aromatic N) is 2. The molecule has 1 aromatic heterocycles. The van der Waals surface area contributed by atoms with Crippen LogP contribution in [-0.4, -0.2) is 14.7 Å². The number of imidazole rings is 1. The zero-order chi connectivity index (χ0) is 21.8. The minimum Gasteiger partial charge on any atom is -0.382 e. The van der Waals surface area contributed by atoms with Gasteiger partial charge in [0.15, 0.2) is 0 Å². The third-order valence-electron chi connectivity index (χ3n) is 5.96. The van der Waals surface area contributed by atoms with Crippen molar-refractivity contribution in [2.45, 2.75) is 11.6 Å². The Morgan fingerprint density at radius 3 is 1.42 bits per heavy atom. The molecule has 159 valence electrons. The Bertz CT molecular complexity index is 1180. The molecule has 1 heterocycles. The molecule has 0 aliphatic rings. The number of benzene rings is 4. The molecule has 5 rings (SSSR count). The molecule has 0 saturated heterocycles. The molecule has 0 saturated carbocycles. The molecule has 33 heavy (non-hydrogen) atoms. The van der Waals surface area contributed by atoms with E-state index in [1.54, 1.807) is 0 Å². The van der Waals surface area contributed by atoms with Crippen molar-refractivity contribution in [2.75, 3.05) is 0 Å². The van der Waals surface area contributed by atoms with Crippen LogP contribution in [0.5, 0.6) is 0 Å². The van der Waals surface area contributed by atoms with Crippen LogP contribution in [0.4, 0.5) is 0 Å². The topological polar surface area (TPSA) is 38.0 Å². The van der Waals surface area contributed by atoms with Crippen LogP contribution in [0.25, 0.3) is 0 Å². The largest absolute Gasteiger partial charge is 0.382 e. The maximum atomic E-state index is 11.0. The molecule has 4 aromatic carbocycles. The Labute approximate surface area is 230 Å². The number of hydrogen-bond acceptors (Lipinski definition) is 2. The molecule has 1 atom stereocenters. The molecule has 1 unspecified atom stereocenters. The number of aliphatic hydroxyl groups is 1. The second-order valence-corrected chi connectivity index (χ2v) is 7.83. The third-order valence-corrected chi connectivity index (χ3v) is 5.96. The smallest absolute Gasteiger partial charge is 0.122 e. The van der Waals surface area contributed by atoms with E-state index in [1.165, 1.54) is 0 Å². The predicted octanol–water partition coefficient (Wildman–Crippen LogP) is 5.81. The van der Waals surface area contributed by atoms with Gasteiger partial charge >= 0.3 is 0 Å². The van der Waals surface area contributed by atoms with Gasteiger partial charge in [0.25, 0.3) is 0 Å². The van der Waals surface area contributed by atoms with Gasteiger partial charge in [0.1, 0.15) is 11.6 Å². The van der Waals surface area contributed by atoms with Crippen LogP contribution in [0.15, 0.2) is 134 Å². The van der Waals surface area contributed by atoms with Crippen molar-refractivity contribution in [1.29, 1.82) is 0 Å². The van der Waals surface area contributed by atoms with Crippen molar-refractivity contribution in [3.05, 3.63) is 162 Å². The van der Waals surface area contributed by atoms with Gasteiger partial charge in [-0.3, -0.25) is 0 Å². The molecule has 0 aliphatic carbocycles. The molecule has 5 aromatic rings. The number of aromatic nitrogens is 2. The average Bonchev–Trinajstić information content (AvgIpc) is 3.37. The van der Waals surface area contributed by atoms with E-state index in [0.29, 0.717) is 5.69 Å². The number of hydrogen-bond donors (Lipinski definition) is 1. The van der Waals surface area contributed by atoms with E-state index in [-0.39, 0.29) is 44.1 Å². The van der Waals surface area contributed by atoms with Crippen molar-refractivity contribution < 1.29 is 49.2 Å². The molecule has 0 fully saturated rings. The second-order valence-electron chi connectivity index (χ2n) is 7.83. The fourth-order valence-electron chi connectivity index (χ4n) is 4.45. The molecular weight excluding hydrogens is 619 g/mol. The van der Waals surface area contributed by atoms with E-state index in [4.69, 9.17) is 0 Å². The van der Waals surface area contributed by atoms with Crippen molar-refractivity contribution in [3.63, 3.8) is 0 Å². The summed E-state index contributed by atoms with van der Waals surface area (Å²) in [4.78, 5) is 4.65. The minimum absolute atomic E-state index is 0. The molecule has 0 aliphatic heterocycles. The van der Waals surface area contributed by atoms with Gasteiger partial charge in [0.05, 0.1) is 12.0 Å². The first-order valence-corrected chi connectivity index (χ1v) is 10.7. The monoisotopic (exact) mass is 643 g/mol. The second kappa shape index (κ2) is 10.6. The van der Waals surface area contributed by atoms with E-state index in [2.05, 4.69) is 82.3 Å². The normalized spacial score (nSPS) is 12.0. The van der Waals surface area contributed by atoms with Gasteiger partial charge in [-0.1, -0.05) is 121 Å². The van der Waals surface area contributed by atoms with E-state index >= 15 is 0 Å². The predicted molar refractivity (Wildman–Crippen MR) is 127 cm³/mol. The van der Waals surface area contributed by atoms with E-state index in [1.807, 2.05) is 61.1 Å². The first-order valence-electron chi connectivity index (χ1n) is 10.7. The Balaban J connectivity index is 0.00000259. The molecule has 0 spiro atoms. The summed E-state index contributed by atoms with van der Waals surface area (Å²) in [5.74, 6) is 0. The van der Waals surface area contributed by atoms with Crippen LogP contribution in [0.1, 0.15) is 34.1 Å². The summed E-state index contributed by atoms with van der Waals surface area (Å²) in [5.41, 5.74) is 4.17. The molecule has 0 bridgehead atoms.